The van der Waals surface area contributed by atoms with E-state index in [1.165, 1.54) is 5.56 Å². The number of aliphatic hydroxyl groups is 1. The Bertz CT molecular complexity index is 377. The minimum absolute atomic E-state index is 0.0641. The Balaban J connectivity index is 1.75. The number of likely N-dealkylation sites (tertiary alicyclic amines) is 1. The van der Waals surface area contributed by atoms with E-state index >= 15 is 0 Å². The van der Waals surface area contributed by atoms with Crippen molar-refractivity contribution in [3.05, 3.63) is 35.9 Å². The van der Waals surface area contributed by atoms with Crippen molar-refractivity contribution < 1.29 is 9.90 Å². The first-order valence-electron chi connectivity index (χ1n) is 6.75. The van der Waals surface area contributed by atoms with E-state index in [2.05, 4.69) is 12.1 Å². The van der Waals surface area contributed by atoms with Gasteiger partial charge in [-0.05, 0) is 31.2 Å². The van der Waals surface area contributed by atoms with Crippen molar-refractivity contribution in [2.75, 3.05) is 13.2 Å². The van der Waals surface area contributed by atoms with Crippen molar-refractivity contribution in [3.63, 3.8) is 0 Å². The summed E-state index contributed by atoms with van der Waals surface area (Å²) in [4.78, 5) is 13.9. The molecule has 1 N–H and O–H groups in total. The van der Waals surface area contributed by atoms with Gasteiger partial charge in [0.15, 0.2) is 0 Å². The number of carbonyl (C=O) groups excluding carboxylic acids is 1. The number of carbonyl (C=O) groups is 1. The Morgan fingerprint density at radius 1 is 1.33 bits per heavy atom. The number of amides is 1. The first-order valence-corrected chi connectivity index (χ1v) is 6.75. The summed E-state index contributed by atoms with van der Waals surface area (Å²) in [5.74, 6) is 0.197. The highest BCUT2D eigenvalue weighted by Gasteiger charge is 2.27. The second kappa shape index (κ2) is 6.55. The molecule has 1 aliphatic rings. The monoisotopic (exact) mass is 247 g/mol. The molecular weight excluding hydrogens is 226 g/mol. The van der Waals surface area contributed by atoms with Gasteiger partial charge in [0.05, 0.1) is 12.6 Å². The third-order valence-corrected chi connectivity index (χ3v) is 3.61. The van der Waals surface area contributed by atoms with Gasteiger partial charge in [0.25, 0.3) is 0 Å². The predicted molar refractivity (Wildman–Crippen MR) is 71.2 cm³/mol. The van der Waals surface area contributed by atoms with Gasteiger partial charge in [0.1, 0.15) is 0 Å². The average molecular weight is 247 g/mol. The molecule has 0 radical (unpaired) electrons. The molecule has 1 fully saturated rings. The molecule has 1 aromatic rings. The van der Waals surface area contributed by atoms with Crippen LogP contribution in [0, 0.1) is 0 Å². The van der Waals surface area contributed by atoms with Crippen LogP contribution >= 0.6 is 0 Å². The van der Waals surface area contributed by atoms with Gasteiger partial charge in [-0.15, -0.1) is 0 Å². The van der Waals surface area contributed by atoms with Crippen molar-refractivity contribution in [2.45, 2.75) is 38.1 Å². The molecule has 18 heavy (non-hydrogen) atoms. The van der Waals surface area contributed by atoms with E-state index < -0.39 is 0 Å². The highest BCUT2D eigenvalue weighted by molar-refractivity contribution is 5.76. The topological polar surface area (TPSA) is 40.5 Å². The number of nitrogens with zero attached hydrogens (tertiary/aromatic N) is 1. The summed E-state index contributed by atoms with van der Waals surface area (Å²) in [5, 5.41) is 9.19. The molecule has 1 aliphatic heterocycles. The summed E-state index contributed by atoms with van der Waals surface area (Å²) in [5.41, 5.74) is 1.28. The number of benzene rings is 1. The molecular formula is C15H21NO2. The zero-order valence-electron chi connectivity index (χ0n) is 10.7. The van der Waals surface area contributed by atoms with Crippen LogP contribution in [0.3, 0.4) is 0 Å². The molecule has 1 amide bonds. The Morgan fingerprint density at radius 2 is 2.11 bits per heavy atom. The third-order valence-electron chi connectivity index (χ3n) is 3.61. The molecule has 98 valence electrons. The number of aryl methyl sites for hydroxylation is 1. The lowest BCUT2D eigenvalue weighted by Crippen LogP contribution is -2.37. The van der Waals surface area contributed by atoms with E-state index in [4.69, 9.17) is 0 Å². The lowest BCUT2D eigenvalue weighted by Gasteiger charge is -2.22. The Labute approximate surface area is 108 Å². The number of hydrogen-bond donors (Lipinski definition) is 1. The van der Waals surface area contributed by atoms with E-state index in [1.807, 2.05) is 23.1 Å². The van der Waals surface area contributed by atoms with Crippen LogP contribution in [0.5, 0.6) is 0 Å². The molecule has 0 bridgehead atoms. The minimum Gasteiger partial charge on any atom is -0.394 e. The Morgan fingerprint density at radius 3 is 2.83 bits per heavy atom. The summed E-state index contributed by atoms with van der Waals surface area (Å²) in [6.45, 7) is 0.916. The van der Waals surface area contributed by atoms with Crippen LogP contribution in [0.1, 0.15) is 31.2 Å². The van der Waals surface area contributed by atoms with Crippen molar-refractivity contribution in [1.29, 1.82) is 0 Å². The maximum atomic E-state index is 12.0. The van der Waals surface area contributed by atoms with Crippen molar-refractivity contribution >= 4 is 5.91 Å². The molecule has 0 saturated carbocycles. The summed E-state index contributed by atoms with van der Waals surface area (Å²) < 4.78 is 0. The Kier molecular flexibility index (Phi) is 4.76. The molecule has 0 spiro atoms. The molecule has 3 heteroatoms. The van der Waals surface area contributed by atoms with Crippen molar-refractivity contribution in [3.8, 4) is 0 Å². The number of hydrogen-bond acceptors (Lipinski definition) is 2. The Hall–Kier alpha value is -1.35. The highest BCUT2D eigenvalue weighted by atomic mass is 16.3. The molecule has 0 aromatic heterocycles. The number of aliphatic hydroxyl groups excluding tert-OH is 1. The average Bonchev–Trinajstić information content (AvgIpc) is 2.88. The summed E-state index contributed by atoms with van der Waals surface area (Å²) >= 11 is 0. The van der Waals surface area contributed by atoms with Crippen LogP contribution in [-0.4, -0.2) is 35.1 Å². The lowest BCUT2D eigenvalue weighted by atomic mass is 10.1. The molecule has 1 aromatic carbocycles. The second-order valence-electron chi connectivity index (χ2n) is 4.90. The molecule has 1 saturated heterocycles. The van der Waals surface area contributed by atoms with E-state index in [1.54, 1.807) is 0 Å². The van der Waals surface area contributed by atoms with Crippen LogP contribution in [0.2, 0.25) is 0 Å². The van der Waals surface area contributed by atoms with E-state index in [0.29, 0.717) is 6.42 Å². The highest BCUT2D eigenvalue weighted by Crippen LogP contribution is 2.18. The fourth-order valence-corrected chi connectivity index (χ4v) is 2.59. The maximum absolute atomic E-state index is 12.0. The fraction of sp³-hybridized carbons (Fsp3) is 0.533. The quantitative estimate of drug-likeness (QED) is 0.864. The van der Waals surface area contributed by atoms with Crippen LogP contribution in [-0.2, 0) is 11.2 Å². The molecule has 0 unspecified atom stereocenters. The van der Waals surface area contributed by atoms with Crippen LogP contribution in [0.25, 0.3) is 0 Å². The van der Waals surface area contributed by atoms with Gasteiger partial charge in [0.2, 0.25) is 5.91 Å². The first-order chi connectivity index (χ1) is 8.81. The fourth-order valence-electron chi connectivity index (χ4n) is 2.59. The van der Waals surface area contributed by atoms with Crippen molar-refractivity contribution in [2.24, 2.45) is 0 Å². The normalized spacial score (nSPS) is 19.2. The molecule has 1 heterocycles. The van der Waals surface area contributed by atoms with Crippen LogP contribution in [0.4, 0.5) is 0 Å². The molecule has 1 atom stereocenters. The largest absolute Gasteiger partial charge is 0.394 e. The first kappa shape index (κ1) is 13.1. The zero-order valence-corrected chi connectivity index (χ0v) is 10.7. The second-order valence-corrected chi connectivity index (χ2v) is 4.90. The summed E-state index contributed by atoms with van der Waals surface area (Å²) in [6.07, 6.45) is 4.39. The maximum Gasteiger partial charge on any atom is 0.222 e. The van der Waals surface area contributed by atoms with Gasteiger partial charge < -0.3 is 10.0 Å². The number of rotatable bonds is 5. The van der Waals surface area contributed by atoms with Gasteiger partial charge in [-0.25, -0.2) is 0 Å². The van der Waals surface area contributed by atoms with Gasteiger partial charge in [0, 0.05) is 13.0 Å². The van der Waals surface area contributed by atoms with Gasteiger partial charge >= 0.3 is 0 Å². The van der Waals surface area contributed by atoms with Crippen molar-refractivity contribution in [1.82, 2.24) is 4.90 Å². The van der Waals surface area contributed by atoms with Gasteiger partial charge in [-0.1, -0.05) is 30.3 Å². The lowest BCUT2D eigenvalue weighted by molar-refractivity contribution is -0.132. The minimum atomic E-state index is 0.0641. The third kappa shape index (κ3) is 3.33. The van der Waals surface area contributed by atoms with Crippen LogP contribution in [0.15, 0.2) is 30.3 Å². The molecule has 2 rings (SSSR count). The van der Waals surface area contributed by atoms with Gasteiger partial charge in [-0.3, -0.25) is 4.79 Å². The van der Waals surface area contributed by atoms with Crippen LogP contribution < -0.4 is 0 Å². The predicted octanol–water partition coefficient (Wildman–Crippen LogP) is 1.99. The van der Waals surface area contributed by atoms with E-state index in [9.17, 15) is 9.90 Å². The van der Waals surface area contributed by atoms with Gasteiger partial charge in [-0.2, -0.15) is 0 Å². The molecule has 0 aliphatic carbocycles. The summed E-state index contributed by atoms with van der Waals surface area (Å²) in [6, 6.07) is 10.3. The standard InChI is InChI=1S/C15H21NO2/c17-12-14-9-5-11-16(14)15(18)10-4-8-13-6-2-1-3-7-13/h1-3,6-7,14,17H,4-5,8-12H2/t14-/m1/s1. The zero-order chi connectivity index (χ0) is 12.8. The van der Waals surface area contributed by atoms with E-state index in [0.717, 1.165) is 32.2 Å². The van der Waals surface area contributed by atoms with E-state index in [-0.39, 0.29) is 18.6 Å². The molecule has 3 nitrogen and oxygen atoms in total. The summed E-state index contributed by atoms with van der Waals surface area (Å²) in [7, 11) is 0. The smallest absolute Gasteiger partial charge is 0.222 e. The SMILES string of the molecule is O=C(CCCc1ccccc1)N1CCC[C@@H]1CO.